The lowest BCUT2D eigenvalue weighted by atomic mass is 9.94. The molecule has 98 valence electrons. The summed E-state index contributed by atoms with van der Waals surface area (Å²) in [4.78, 5) is 0. The average Bonchev–Trinajstić information content (AvgIpc) is 2.47. The van der Waals surface area contributed by atoms with Crippen molar-refractivity contribution < 1.29 is 0 Å². The molecule has 0 saturated carbocycles. The Bertz CT molecular complexity index is 567. The maximum atomic E-state index is 5.82. The fourth-order valence-electron chi connectivity index (χ4n) is 2.33. The van der Waals surface area contributed by atoms with Gasteiger partial charge in [-0.25, -0.2) is 0 Å². The largest absolute Gasteiger partial charge is 0.326 e. The number of hydrogen-bond acceptors (Lipinski definition) is 1. The van der Waals surface area contributed by atoms with Crippen LogP contribution in [0, 0.1) is 0 Å². The summed E-state index contributed by atoms with van der Waals surface area (Å²) in [5, 5.41) is 0. The lowest BCUT2D eigenvalue weighted by Crippen LogP contribution is -2.01. The second kappa shape index (κ2) is 6.35. The third kappa shape index (κ3) is 3.33. The summed E-state index contributed by atoms with van der Waals surface area (Å²) in [6.45, 7) is 4.98. The van der Waals surface area contributed by atoms with Crippen LogP contribution >= 0.6 is 0 Å². The first-order chi connectivity index (χ1) is 9.22. The summed E-state index contributed by atoms with van der Waals surface area (Å²) in [6.07, 6.45) is 0.992. The molecule has 2 aromatic rings. The summed E-state index contributed by atoms with van der Waals surface area (Å²) in [7, 11) is 0. The normalized spacial score (nSPS) is 12.2. The van der Waals surface area contributed by atoms with E-state index < -0.39 is 0 Å². The second-order valence-corrected chi connectivity index (χ2v) is 4.93. The molecule has 0 aliphatic rings. The highest BCUT2D eigenvalue weighted by molar-refractivity contribution is 5.69. The molecule has 0 aliphatic heterocycles. The van der Waals surface area contributed by atoms with Crippen LogP contribution in [0.25, 0.3) is 5.57 Å². The first-order valence-corrected chi connectivity index (χ1v) is 6.71. The predicted molar refractivity (Wildman–Crippen MR) is 82.7 cm³/mol. The molecule has 1 nitrogen and oxygen atoms in total. The van der Waals surface area contributed by atoms with E-state index in [1.165, 1.54) is 27.8 Å². The van der Waals surface area contributed by atoms with E-state index in [2.05, 4.69) is 62.4 Å². The lowest BCUT2D eigenvalue weighted by Gasteiger charge is -2.12. The van der Waals surface area contributed by atoms with Gasteiger partial charge in [-0.1, -0.05) is 60.2 Å². The Morgan fingerprint density at radius 3 is 2.21 bits per heavy atom. The van der Waals surface area contributed by atoms with Crippen LogP contribution in [0.2, 0.25) is 0 Å². The van der Waals surface area contributed by atoms with Crippen molar-refractivity contribution in [2.24, 2.45) is 5.73 Å². The molecule has 0 saturated heterocycles. The van der Waals surface area contributed by atoms with Crippen molar-refractivity contribution >= 4 is 5.57 Å². The third-order valence-electron chi connectivity index (χ3n) is 3.59. The van der Waals surface area contributed by atoms with Gasteiger partial charge >= 0.3 is 0 Å². The third-order valence-corrected chi connectivity index (χ3v) is 3.59. The molecule has 0 unspecified atom stereocenters. The van der Waals surface area contributed by atoms with Crippen molar-refractivity contribution in [1.82, 2.24) is 0 Å². The minimum Gasteiger partial charge on any atom is -0.326 e. The Kier molecular flexibility index (Phi) is 4.53. The zero-order chi connectivity index (χ0) is 13.7. The van der Waals surface area contributed by atoms with Crippen molar-refractivity contribution in [3.05, 3.63) is 76.9 Å². The van der Waals surface area contributed by atoms with Gasteiger partial charge < -0.3 is 5.73 Å². The molecule has 0 bridgehead atoms. The molecule has 2 aromatic carbocycles. The Morgan fingerprint density at radius 2 is 1.53 bits per heavy atom. The molecule has 0 aromatic heterocycles. The molecule has 0 radical (unpaired) electrons. The van der Waals surface area contributed by atoms with Crippen LogP contribution in [-0.4, -0.2) is 0 Å². The van der Waals surface area contributed by atoms with E-state index in [1.54, 1.807) is 0 Å². The number of benzene rings is 2. The molecule has 0 aliphatic carbocycles. The summed E-state index contributed by atoms with van der Waals surface area (Å²) >= 11 is 0. The van der Waals surface area contributed by atoms with E-state index in [0.717, 1.165) is 6.42 Å². The molecular formula is C18H21N. The Hall–Kier alpha value is -1.86. The topological polar surface area (TPSA) is 26.0 Å². The predicted octanol–water partition coefficient (Wildman–Crippen LogP) is 4.18. The van der Waals surface area contributed by atoms with Gasteiger partial charge in [-0.3, -0.25) is 0 Å². The van der Waals surface area contributed by atoms with Gasteiger partial charge in [0.15, 0.2) is 0 Å². The second-order valence-electron chi connectivity index (χ2n) is 4.93. The van der Waals surface area contributed by atoms with Gasteiger partial charge in [-0.15, -0.1) is 0 Å². The number of allylic oxidation sites excluding steroid dienone is 2. The van der Waals surface area contributed by atoms with E-state index in [1.807, 2.05) is 6.07 Å². The molecule has 0 fully saturated rings. The summed E-state index contributed by atoms with van der Waals surface area (Å²) in [6, 6.07) is 19.0. The van der Waals surface area contributed by atoms with Crippen LogP contribution in [0.5, 0.6) is 0 Å². The SMILES string of the molecule is C/C(Cc1ccccc1)=C(\C)c1ccccc1CN. The number of rotatable bonds is 4. The van der Waals surface area contributed by atoms with E-state index in [-0.39, 0.29) is 0 Å². The van der Waals surface area contributed by atoms with Gasteiger partial charge in [0.05, 0.1) is 0 Å². The van der Waals surface area contributed by atoms with Crippen molar-refractivity contribution in [3.8, 4) is 0 Å². The summed E-state index contributed by atoms with van der Waals surface area (Å²) < 4.78 is 0. The van der Waals surface area contributed by atoms with Crippen LogP contribution in [0.3, 0.4) is 0 Å². The summed E-state index contributed by atoms with van der Waals surface area (Å²) in [5.41, 5.74) is 12.4. The standard InChI is InChI=1S/C18H21N/c1-14(12-16-8-4-3-5-9-16)15(2)18-11-7-6-10-17(18)13-19/h3-11H,12-13,19H2,1-2H3/b15-14-. The Balaban J connectivity index is 2.30. The maximum absolute atomic E-state index is 5.82. The van der Waals surface area contributed by atoms with Gasteiger partial charge in [-0.2, -0.15) is 0 Å². The Morgan fingerprint density at radius 1 is 0.895 bits per heavy atom. The van der Waals surface area contributed by atoms with Crippen molar-refractivity contribution in [2.75, 3.05) is 0 Å². The van der Waals surface area contributed by atoms with Crippen LogP contribution in [0.4, 0.5) is 0 Å². The van der Waals surface area contributed by atoms with Gasteiger partial charge in [-0.05, 0) is 42.5 Å². The molecule has 0 heterocycles. The highest BCUT2D eigenvalue weighted by Gasteiger charge is 2.05. The van der Waals surface area contributed by atoms with Gasteiger partial charge in [0.1, 0.15) is 0 Å². The molecule has 2 N–H and O–H groups in total. The Labute approximate surface area is 115 Å². The molecule has 19 heavy (non-hydrogen) atoms. The van der Waals surface area contributed by atoms with Gasteiger partial charge in [0.2, 0.25) is 0 Å². The minimum atomic E-state index is 0.589. The molecule has 0 atom stereocenters. The van der Waals surface area contributed by atoms with E-state index >= 15 is 0 Å². The lowest BCUT2D eigenvalue weighted by molar-refractivity contribution is 1.06. The van der Waals surface area contributed by atoms with E-state index in [4.69, 9.17) is 5.73 Å². The minimum absolute atomic E-state index is 0.589. The molecule has 2 rings (SSSR count). The monoisotopic (exact) mass is 251 g/mol. The first kappa shape index (κ1) is 13.6. The van der Waals surface area contributed by atoms with Crippen LogP contribution in [-0.2, 0) is 13.0 Å². The van der Waals surface area contributed by atoms with E-state index in [9.17, 15) is 0 Å². The van der Waals surface area contributed by atoms with E-state index in [0.29, 0.717) is 6.54 Å². The molecular weight excluding hydrogens is 230 g/mol. The molecule has 1 heteroatoms. The molecule has 0 spiro atoms. The van der Waals surface area contributed by atoms with Gasteiger partial charge in [0, 0.05) is 6.54 Å². The summed E-state index contributed by atoms with van der Waals surface area (Å²) in [5.74, 6) is 0. The smallest absolute Gasteiger partial charge is 0.0184 e. The zero-order valence-corrected chi connectivity index (χ0v) is 11.7. The van der Waals surface area contributed by atoms with Crippen LogP contribution < -0.4 is 5.73 Å². The quantitative estimate of drug-likeness (QED) is 0.866. The van der Waals surface area contributed by atoms with Crippen molar-refractivity contribution in [1.29, 1.82) is 0 Å². The highest BCUT2D eigenvalue weighted by atomic mass is 14.5. The first-order valence-electron chi connectivity index (χ1n) is 6.71. The van der Waals surface area contributed by atoms with Gasteiger partial charge in [0.25, 0.3) is 0 Å². The van der Waals surface area contributed by atoms with Crippen LogP contribution in [0.15, 0.2) is 60.2 Å². The van der Waals surface area contributed by atoms with Crippen LogP contribution in [0.1, 0.15) is 30.5 Å². The number of hydrogen-bond donors (Lipinski definition) is 1. The zero-order valence-electron chi connectivity index (χ0n) is 11.7. The molecule has 0 amide bonds. The fourth-order valence-corrected chi connectivity index (χ4v) is 2.33. The number of nitrogens with two attached hydrogens (primary N) is 1. The van der Waals surface area contributed by atoms with Crippen molar-refractivity contribution in [3.63, 3.8) is 0 Å². The van der Waals surface area contributed by atoms with Crippen molar-refractivity contribution in [2.45, 2.75) is 26.8 Å². The maximum Gasteiger partial charge on any atom is 0.0184 e. The fraction of sp³-hybridized carbons (Fsp3) is 0.222. The highest BCUT2D eigenvalue weighted by Crippen LogP contribution is 2.23. The average molecular weight is 251 g/mol.